The van der Waals surface area contributed by atoms with E-state index in [1.54, 1.807) is 24.1 Å². The number of carbonyl (C=O) groups is 2. The molecule has 5 nitrogen and oxygen atoms in total. The first-order valence-corrected chi connectivity index (χ1v) is 6.64. The zero-order chi connectivity index (χ0) is 14.6. The van der Waals surface area contributed by atoms with Crippen molar-refractivity contribution in [2.75, 3.05) is 18.5 Å². The molecule has 0 fully saturated rings. The molecule has 1 aromatic rings. The summed E-state index contributed by atoms with van der Waals surface area (Å²) in [6, 6.07) is 5.01. The van der Waals surface area contributed by atoms with Gasteiger partial charge in [0.2, 0.25) is 5.91 Å². The first kappa shape index (κ1) is 15.5. The summed E-state index contributed by atoms with van der Waals surface area (Å²) in [6.07, 6.45) is 0. The van der Waals surface area contributed by atoms with Crippen LogP contribution in [0.2, 0.25) is 0 Å². The zero-order valence-electron chi connectivity index (χ0n) is 11.1. The lowest BCUT2D eigenvalue weighted by atomic mass is 10.1. The van der Waals surface area contributed by atoms with Crippen LogP contribution in [0, 0.1) is 0 Å². The summed E-state index contributed by atoms with van der Waals surface area (Å²) in [4.78, 5) is 24.5. The van der Waals surface area contributed by atoms with Crippen molar-refractivity contribution in [1.29, 1.82) is 0 Å². The van der Waals surface area contributed by atoms with Crippen molar-refractivity contribution in [2.24, 2.45) is 0 Å². The number of rotatable bonds is 5. The zero-order valence-corrected chi connectivity index (χ0v) is 12.7. The highest BCUT2D eigenvalue weighted by atomic mass is 79.9. The molecule has 0 saturated carbocycles. The summed E-state index contributed by atoms with van der Waals surface area (Å²) >= 11 is 3.24. The predicted molar refractivity (Wildman–Crippen MR) is 77.7 cm³/mol. The predicted octanol–water partition coefficient (Wildman–Crippen LogP) is 2.11. The average molecular weight is 329 g/mol. The number of likely N-dealkylation sites (N-methyl/N-ethyl adjacent to an activating group) is 1. The quantitative estimate of drug-likeness (QED) is 0.868. The maximum absolute atomic E-state index is 11.7. The second-order valence-electron chi connectivity index (χ2n) is 4.54. The minimum atomic E-state index is -1.02. The molecule has 19 heavy (non-hydrogen) atoms. The number of aromatic carboxylic acids is 1. The Labute approximate surface area is 120 Å². The van der Waals surface area contributed by atoms with E-state index in [2.05, 4.69) is 21.2 Å². The summed E-state index contributed by atoms with van der Waals surface area (Å²) in [7, 11) is 1.69. The third kappa shape index (κ3) is 4.55. The number of carboxylic acid groups (broad SMARTS) is 1. The van der Waals surface area contributed by atoms with E-state index in [-0.39, 0.29) is 24.1 Å². The Bertz CT molecular complexity index is 489. The number of nitrogens with one attached hydrogen (secondary N) is 1. The molecular weight excluding hydrogens is 312 g/mol. The summed E-state index contributed by atoms with van der Waals surface area (Å²) in [5.41, 5.74) is 0.670. The molecule has 1 amide bonds. The second-order valence-corrected chi connectivity index (χ2v) is 5.46. The molecule has 0 heterocycles. The van der Waals surface area contributed by atoms with E-state index in [1.807, 2.05) is 13.8 Å². The number of nitrogens with zero attached hydrogens (tertiary/aromatic N) is 1. The third-order valence-electron chi connectivity index (χ3n) is 2.43. The van der Waals surface area contributed by atoms with Gasteiger partial charge >= 0.3 is 5.97 Å². The summed E-state index contributed by atoms with van der Waals surface area (Å²) in [5.74, 6) is -1.16. The highest BCUT2D eigenvalue weighted by Crippen LogP contribution is 2.23. The lowest BCUT2D eigenvalue weighted by molar-refractivity contribution is -0.120. The molecule has 0 atom stereocenters. The van der Waals surface area contributed by atoms with Crippen molar-refractivity contribution in [1.82, 2.24) is 5.32 Å². The van der Waals surface area contributed by atoms with Gasteiger partial charge in [0.15, 0.2) is 0 Å². The molecule has 0 bridgehead atoms. The molecule has 0 saturated heterocycles. The van der Waals surface area contributed by atoms with Gasteiger partial charge in [-0.1, -0.05) is 15.9 Å². The van der Waals surface area contributed by atoms with Gasteiger partial charge in [0.05, 0.1) is 17.8 Å². The van der Waals surface area contributed by atoms with Gasteiger partial charge < -0.3 is 15.3 Å². The molecule has 0 aromatic heterocycles. The fourth-order valence-electron chi connectivity index (χ4n) is 1.68. The van der Waals surface area contributed by atoms with Crippen LogP contribution < -0.4 is 10.2 Å². The van der Waals surface area contributed by atoms with E-state index in [1.165, 1.54) is 6.07 Å². The Kier molecular flexibility index (Phi) is 5.35. The van der Waals surface area contributed by atoms with Crippen molar-refractivity contribution < 1.29 is 14.7 Å². The SMILES string of the molecule is CC(C)NC(=O)CN(C)c1ccc(Br)cc1C(=O)O. The Morgan fingerprint density at radius 3 is 2.58 bits per heavy atom. The van der Waals surface area contributed by atoms with Gasteiger partial charge in [-0.25, -0.2) is 4.79 Å². The summed E-state index contributed by atoms with van der Waals surface area (Å²) in [6.45, 7) is 3.86. The van der Waals surface area contributed by atoms with Gasteiger partial charge in [-0.3, -0.25) is 4.79 Å². The minimum absolute atomic E-state index is 0.0600. The number of benzene rings is 1. The molecule has 0 aliphatic rings. The van der Waals surface area contributed by atoms with Gasteiger partial charge in [0.25, 0.3) is 0 Å². The number of hydrogen-bond acceptors (Lipinski definition) is 3. The normalized spacial score (nSPS) is 10.4. The van der Waals surface area contributed by atoms with Crippen LogP contribution in [-0.2, 0) is 4.79 Å². The topological polar surface area (TPSA) is 69.6 Å². The Morgan fingerprint density at radius 2 is 2.05 bits per heavy atom. The number of anilines is 1. The standard InChI is InChI=1S/C13H17BrN2O3/c1-8(2)15-12(17)7-16(3)11-5-4-9(14)6-10(11)13(18)19/h4-6,8H,7H2,1-3H3,(H,15,17)(H,18,19). The minimum Gasteiger partial charge on any atom is -0.478 e. The van der Waals surface area contributed by atoms with Gasteiger partial charge in [0.1, 0.15) is 0 Å². The van der Waals surface area contributed by atoms with E-state index >= 15 is 0 Å². The number of carboxylic acids is 1. The van der Waals surface area contributed by atoms with Gasteiger partial charge in [-0.15, -0.1) is 0 Å². The van der Waals surface area contributed by atoms with Crippen molar-refractivity contribution >= 4 is 33.5 Å². The molecule has 0 radical (unpaired) electrons. The molecule has 0 unspecified atom stereocenters. The Morgan fingerprint density at radius 1 is 1.42 bits per heavy atom. The lowest BCUT2D eigenvalue weighted by Gasteiger charge is -2.21. The van der Waals surface area contributed by atoms with Crippen LogP contribution in [0.5, 0.6) is 0 Å². The molecule has 104 valence electrons. The maximum atomic E-state index is 11.7. The summed E-state index contributed by atoms with van der Waals surface area (Å²) < 4.78 is 0.689. The van der Waals surface area contributed by atoms with Crippen LogP contribution in [0.1, 0.15) is 24.2 Å². The van der Waals surface area contributed by atoms with Gasteiger partial charge in [0, 0.05) is 17.6 Å². The van der Waals surface area contributed by atoms with E-state index in [4.69, 9.17) is 0 Å². The van der Waals surface area contributed by atoms with E-state index in [0.29, 0.717) is 10.2 Å². The van der Waals surface area contributed by atoms with Crippen LogP contribution in [0.15, 0.2) is 22.7 Å². The van der Waals surface area contributed by atoms with Crippen molar-refractivity contribution in [2.45, 2.75) is 19.9 Å². The van der Waals surface area contributed by atoms with E-state index in [0.717, 1.165) is 0 Å². The highest BCUT2D eigenvalue weighted by molar-refractivity contribution is 9.10. The number of hydrogen-bond donors (Lipinski definition) is 2. The van der Waals surface area contributed by atoms with Crippen molar-refractivity contribution in [3.63, 3.8) is 0 Å². The molecule has 1 aromatic carbocycles. The molecule has 2 N–H and O–H groups in total. The van der Waals surface area contributed by atoms with Crippen LogP contribution >= 0.6 is 15.9 Å². The van der Waals surface area contributed by atoms with Crippen molar-refractivity contribution in [3.8, 4) is 0 Å². The summed E-state index contributed by atoms with van der Waals surface area (Å²) in [5, 5.41) is 11.9. The molecule has 6 heteroatoms. The largest absolute Gasteiger partial charge is 0.478 e. The van der Waals surface area contributed by atoms with Gasteiger partial charge in [-0.05, 0) is 32.0 Å². The monoisotopic (exact) mass is 328 g/mol. The first-order valence-electron chi connectivity index (χ1n) is 5.84. The molecule has 1 rings (SSSR count). The second kappa shape index (κ2) is 6.56. The van der Waals surface area contributed by atoms with Crippen LogP contribution in [-0.4, -0.2) is 36.6 Å². The van der Waals surface area contributed by atoms with Gasteiger partial charge in [-0.2, -0.15) is 0 Å². The average Bonchev–Trinajstić information content (AvgIpc) is 2.27. The molecule has 0 aliphatic carbocycles. The maximum Gasteiger partial charge on any atom is 0.337 e. The van der Waals surface area contributed by atoms with Crippen molar-refractivity contribution in [3.05, 3.63) is 28.2 Å². The van der Waals surface area contributed by atoms with Crippen LogP contribution in [0.4, 0.5) is 5.69 Å². The number of halogens is 1. The lowest BCUT2D eigenvalue weighted by Crippen LogP contribution is -2.39. The third-order valence-corrected chi connectivity index (χ3v) is 2.92. The fraction of sp³-hybridized carbons (Fsp3) is 0.385. The Hall–Kier alpha value is -1.56. The number of carbonyl (C=O) groups excluding carboxylic acids is 1. The molecule has 0 spiro atoms. The van der Waals surface area contributed by atoms with Crippen LogP contribution in [0.25, 0.3) is 0 Å². The van der Waals surface area contributed by atoms with E-state index < -0.39 is 5.97 Å². The van der Waals surface area contributed by atoms with Crippen LogP contribution in [0.3, 0.4) is 0 Å². The molecule has 0 aliphatic heterocycles. The smallest absolute Gasteiger partial charge is 0.337 e. The van der Waals surface area contributed by atoms with E-state index in [9.17, 15) is 14.7 Å². The highest BCUT2D eigenvalue weighted by Gasteiger charge is 2.16. The fourth-order valence-corrected chi connectivity index (χ4v) is 2.04. The number of amides is 1. The molecular formula is C13H17BrN2O3. The Balaban J connectivity index is 2.90. The first-order chi connectivity index (χ1) is 8.81.